The van der Waals surface area contributed by atoms with E-state index in [1.807, 2.05) is 6.92 Å². The molecule has 0 radical (unpaired) electrons. The van der Waals surface area contributed by atoms with Crippen molar-refractivity contribution < 1.29 is 22.8 Å². The molecule has 20 heavy (non-hydrogen) atoms. The van der Waals surface area contributed by atoms with Crippen molar-refractivity contribution in [2.75, 3.05) is 19.6 Å². The Bertz CT molecular complexity index is 382. The van der Waals surface area contributed by atoms with E-state index in [1.54, 1.807) is 0 Å². The van der Waals surface area contributed by atoms with Crippen LogP contribution in [0.5, 0.6) is 0 Å². The molecule has 0 heterocycles. The van der Waals surface area contributed by atoms with Gasteiger partial charge in [-0.2, -0.15) is 13.2 Å². The summed E-state index contributed by atoms with van der Waals surface area (Å²) in [7, 11) is 0. The summed E-state index contributed by atoms with van der Waals surface area (Å²) >= 11 is 0. The number of nitrogens with one attached hydrogen (secondary N) is 1. The van der Waals surface area contributed by atoms with Crippen LogP contribution < -0.4 is 5.32 Å². The van der Waals surface area contributed by atoms with Gasteiger partial charge in [-0.1, -0.05) is 13.0 Å². The first-order valence-electron chi connectivity index (χ1n) is 6.47. The van der Waals surface area contributed by atoms with Gasteiger partial charge in [0.1, 0.15) is 6.54 Å². The Hall–Kier alpha value is -1.53. The van der Waals surface area contributed by atoms with Gasteiger partial charge in [-0.25, -0.2) is 0 Å². The largest absolute Gasteiger partial charge is 0.406 e. The summed E-state index contributed by atoms with van der Waals surface area (Å²) in [6, 6.07) is 0. The number of carbonyl (C=O) groups is 2. The Morgan fingerprint density at radius 3 is 2.50 bits per heavy atom. The van der Waals surface area contributed by atoms with Crippen molar-refractivity contribution in [2.45, 2.75) is 25.9 Å². The smallest absolute Gasteiger partial charge is 0.355 e. The topological polar surface area (TPSA) is 49.4 Å². The molecule has 0 spiro atoms. The van der Waals surface area contributed by atoms with Crippen LogP contribution in [-0.4, -0.2) is 42.5 Å². The van der Waals surface area contributed by atoms with Gasteiger partial charge >= 0.3 is 6.18 Å². The number of hydrogen-bond acceptors (Lipinski definition) is 2. The molecule has 114 valence electrons. The second kappa shape index (κ2) is 6.76. The van der Waals surface area contributed by atoms with E-state index in [4.69, 9.17) is 0 Å². The van der Waals surface area contributed by atoms with Gasteiger partial charge in [-0.05, 0) is 12.3 Å². The van der Waals surface area contributed by atoms with E-state index in [-0.39, 0.29) is 31.3 Å². The minimum Gasteiger partial charge on any atom is -0.355 e. The maximum absolute atomic E-state index is 12.3. The molecule has 1 rings (SSSR count). The van der Waals surface area contributed by atoms with E-state index < -0.39 is 18.6 Å². The van der Waals surface area contributed by atoms with Crippen molar-refractivity contribution in [1.82, 2.24) is 10.2 Å². The summed E-state index contributed by atoms with van der Waals surface area (Å²) < 4.78 is 36.9. The first-order valence-corrected chi connectivity index (χ1v) is 6.47. The zero-order chi connectivity index (χ0) is 15.3. The van der Waals surface area contributed by atoms with Gasteiger partial charge in [0.25, 0.3) is 0 Å². The Morgan fingerprint density at radius 1 is 1.45 bits per heavy atom. The third kappa shape index (κ3) is 5.63. The number of rotatable bonds is 7. The van der Waals surface area contributed by atoms with Crippen LogP contribution in [0.15, 0.2) is 12.7 Å². The molecule has 0 bridgehead atoms. The fraction of sp³-hybridized carbons (Fsp3) is 0.692. The van der Waals surface area contributed by atoms with E-state index in [2.05, 4.69) is 11.9 Å². The van der Waals surface area contributed by atoms with Gasteiger partial charge in [0, 0.05) is 25.4 Å². The van der Waals surface area contributed by atoms with E-state index in [9.17, 15) is 22.8 Å². The highest BCUT2D eigenvalue weighted by Crippen LogP contribution is 2.37. The van der Waals surface area contributed by atoms with Crippen molar-refractivity contribution >= 4 is 11.8 Å². The molecule has 2 atom stereocenters. The molecule has 0 saturated heterocycles. The Kier molecular flexibility index (Phi) is 5.59. The minimum atomic E-state index is -4.44. The third-order valence-electron chi connectivity index (χ3n) is 3.16. The number of nitrogens with zero attached hydrogens (tertiary/aromatic N) is 1. The second-order valence-electron chi connectivity index (χ2n) is 5.04. The molecule has 0 aliphatic heterocycles. The van der Waals surface area contributed by atoms with Gasteiger partial charge in [-0.3, -0.25) is 9.59 Å². The lowest BCUT2D eigenvalue weighted by Gasteiger charge is -2.22. The summed E-state index contributed by atoms with van der Waals surface area (Å²) in [4.78, 5) is 23.8. The Labute approximate surface area is 116 Å². The maximum Gasteiger partial charge on any atom is 0.406 e. The molecule has 1 N–H and O–H groups in total. The van der Waals surface area contributed by atoms with Crippen LogP contribution in [0.3, 0.4) is 0 Å². The SMILES string of the molecule is C=CCN(CC(F)(F)F)C(=O)CCNC(=O)C1CC1C. The van der Waals surface area contributed by atoms with Crippen molar-refractivity contribution in [2.24, 2.45) is 11.8 Å². The first-order chi connectivity index (χ1) is 9.24. The van der Waals surface area contributed by atoms with Gasteiger partial charge < -0.3 is 10.2 Å². The first kappa shape index (κ1) is 16.5. The highest BCUT2D eigenvalue weighted by molar-refractivity contribution is 5.82. The molecule has 7 heteroatoms. The van der Waals surface area contributed by atoms with Crippen molar-refractivity contribution in [3.8, 4) is 0 Å². The number of hydrogen-bond donors (Lipinski definition) is 1. The van der Waals surface area contributed by atoms with E-state index in [0.717, 1.165) is 6.42 Å². The van der Waals surface area contributed by atoms with Crippen molar-refractivity contribution in [1.29, 1.82) is 0 Å². The van der Waals surface area contributed by atoms with Crippen LogP contribution in [0.4, 0.5) is 13.2 Å². The third-order valence-corrected chi connectivity index (χ3v) is 3.16. The lowest BCUT2D eigenvalue weighted by molar-refractivity contribution is -0.160. The highest BCUT2D eigenvalue weighted by Gasteiger charge is 2.39. The fourth-order valence-corrected chi connectivity index (χ4v) is 1.90. The van der Waals surface area contributed by atoms with Crippen LogP contribution in [0.25, 0.3) is 0 Å². The van der Waals surface area contributed by atoms with Crippen LogP contribution in [-0.2, 0) is 9.59 Å². The van der Waals surface area contributed by atoms with Crippen molar-refractivity contribution in [3.63, 3.8) is 0 Å². The molecule has 1 fully saturated rings. The molecule has 1 aliphatic rings. The molecular weight excluding hydrogens is 273 g/mol. The van der Waals surface area contributed by atoms with E-state index in [1.165, 1.54) is 6.08 Å². The van der Waals surface area contributed by atoms with Crippen LogP contribution in [0, 0.1) is 11.8 Å². The average Bonchev–Trinajstić information content (AvgIpc) is 3.04. The van der Waals surface area contributed by atoms with Crippen molar-refractivity contribution in [3.05, 3.63) is 12.7 Å². The van der Waals surface area contributed by atoms with Gasteiger partial charge in [0.05, 0.1) is 0 Å². The summed E-state index contributed by atoms with van der Waals surface area (Å²) in [6.45, 7) is 3.88. The fourth-order valence-electron chi connectivity index (χ4n) is 1.90. The zero-order valence-electron chi connectivity index (χ0n) is 11.4. The Morgan fingerprint density at radius 2 is 2.05 bits per heavy atom. The predicted molar refractivity (Wildman–Crippen MR) is 67.7 cm³/mol. The molecule has 2 unspecified atom stereocenters. The zero-order valence-corrected chi connectivity index (χ0v) is 11.4. The number of carbonyl (C=O) groups excluding carboxylic acids is 2. The second-order valence-corrected chi connectivity index (χ2v) is 5.04. The average molecular weight is 292 g/mol. The normalized spacial score (nSPS) is 21.2. The summed E-state index contributed by atoms with van der Waals surface area (Å²) in [5.74, 6) is -0.430. The molecule has 0 aromatic carbocycles. The monoisotopic (exact) mass is 292 g/mol. The summed E-state index contributed by atoms with van der Waals surface area (Å²) in [5.41, 5.74) is 0. The Balaban J connectivity index is 2.34. The summed E-state index contributed by atoms with van der Waals surface area (Å²) in [6.07, 6.45) is -2.51. The van der Waals surface area contributed by atoms with E-state index >= 15 is 0 Å². The number of alkyl halides is 3. The molecule has 1 saturated carbocycles. The summed E-state index contributed by atoms with van der Waals surface area (Å²) in [5, 5.41) is 2.57. The lowest BCUT2D eigenvalue weighted by Crippen LogP contribution is -2.40. The lowest BCUT2D eigenvalue weighted by atomic mass is 10.3. The van der Waals surface area contributed by atoms with Crippen LogP contribution >= 0.6 is 0 Å². The van der Waals surface area contributed by atoms with Gasteiger partial charge in [0.15, 0.2) is 0 Å². The van der Waals surface area contributed by atoms with Gasteiger partial charge in [0.2, 0.25) is 11.8 Å². The molecule has 4 nitrogen and oxygen atoms in total. The standard InChI is InChI=1S/C13H19F3N2O2/c1-3-6-18(8-13(14,15)16)11(19)4-5-17-12(20)10-7-9(10)2/h3,9-10H,1,4-8H2,2H3,(H,17,20). The number of amides is 2. The molecule has 1 aliphatic carbocycles. The maximum atomic E-state index is 12.3. The molecule has 2 amide bonds. The molecule has 0 aromatic heterocycles. The van der Waals surface area contributed by atoms with E-state index in [0.29, 0.717) is 10.8 Å². The quantitative estimate of drug-likeness (QED) is 0.726. The predicted octanol–water partition coefficient (Wildman–Crippen LogP) is 1.73. The minimum absolute atomic E-state index is 0.00967. The molecular formula is C13H19F3N2O2. The highest BCUT2D eigenvalue weighted by atomic mass is 19.4. The van der Waals surface area contributed by atoms with Crippen LogP contribution in [0.1, 0.15) is 19.8 Å². The molecule has 0 aromatic rings. The van der Waals surface area contributed by atoms with Gasteiger partial charge in [-0.15, -0.1) is 6.58 Å². The number of halogens is 3. The van der Waals surface area contributed by atoms with Crippen LogP contribution in [0.2, 0.25) is 0 Å².